The number of carbonyl (C=O) groups excluding carboxylic acids is 1. The lowest BCUT2D eigenvalue weighted by Gasteiger charge is -1.94. The zero-order chi connectivity index (χ0) is 7.40. The summed E-state index contributed by atoms with van der Waals surface area (Å²) in [4.78, 5) is 14.6. The third kappa shape index (κ3) is 2.98. The molecule has 0 amide bonds. The average molecular weight is 238 g/mol. The molecule has 1 aromatic rings. The van der Waals surface area contributed by atoms with Gasteiger partial charge in [-0.1, -0.05) is 0 Å². The predicted molar refractivity (Wildman–Crippen MR) is 48.4 cm³/mol. The fourth-order valence-corrected chi connectivity index (χ4v) is 1.04. The van der Waals surface area contributed by atoms with Crippen LogP contribution in [-0.4, -0.2) is 17.6 Å². The minimum absolute atomic E-state index is 0. The number of esters is 1. The van der Waals surface area contributed by atoms with Gasteiger partial charge in [0.2, 0.25) is 0 Å². The number of nitrogens with zero attached hydrogens (tertiary/aromatic N) is 1. The van der Waals surface area contributed by atoms with Crippen LogP contribution in [0.5, 0.6) is 0 Å². The Hall–Kier alpha value is -0.420. The molecular weight excluding hydrogens is 230 g/mol. The monoisotopic (exact) mass is 237 g/mol. The van der Waals surface area contributed by atoms with Crippen LogP contribution in [0.4, 0.5) is 0 Å². The van der Waals surface area contributed by atoms with Crippen molar-refractivity contribution in [3.8, 4) is 0 Å². The molecule has 1 rings (SSSR count). The molecule has 0 bridgehead atoms. The Morgan fingerprint density at radius 1 is 1.82 bits per heavy atom. The molecule has 0 radical (unpaired) electrons. The summed E-state index contributed by atoms with van der Waals surface area (Å²) in [6, 6.07) is 0. The number of ether oxygens (including phenoxy) is 1. The van der Waals surface area contributed by atoms with Crippen molar-refractivity contribution >= 4 is 34.3 Å². The second-order valence-electron chi connectivity index (χ2n) is 1.59. The Balaban J connectivity index is 0.000001000. The highest BCUT2D eigenvalue weighted by molar-refractivity contribution is 8.93. The molecule has 11 heavy (non-hydrogen) atoms. The van der Waals surface area contributed by atoms with Crippen LogP contribution in [0, 0.1) is 0 Å². The Bertz CT molecular complexity index is 212. The lowest BCUT2D eigenvalue weighted by atomic mass is 10.5. The van der Waals surface area contributed by atoms with E-state index in [9.17, 15) is 4.79 Å². The number of thiazole rings is 1. The van der Waals surface area contributed by atoms with Crippen LogP contribution in [0.2, 0.25) is 0 Å². The molecule has 0 fully saturated rings. The second-order valence-corrected chi connectivity index (χ2v) is 2.31. The van der Waals surface area contributed by atoms with E-state index in [1.807, 2.05) is 0 Å². The molecule has 0 aliphatic carbocycles. The molecule has 0 saturated heterocycles. The summed E-state index contributed by atoms with van der Waals surface area (Å²) in [6.07, 6.45) is 0. The van der Waals surface area contributed by atoms with Gasteiger partial charge in [0.25, 0.3) is 0 Å². The van der Waals surface area contributed by atoms with Crippen molar-refractivity contribution in [1.29, 1.82) is 0 Å². The Morgan fingerprint density at radius 2 is 2.55 bits per heavy atom. The van der Waals surface area contributed by atoms with Gasteiger partial charge in [-0.05, 0) is 6.92 Å². The van der Waals surface area contributed by atoms with E-state index in [0.717, 1.165) is 0 Å². The van der Waals surface area contributed by atoms with Gasteiger partial charge in [0.1, 0.15) is 0 Å². The molecule has 1 heterocycles. The number of hydrogen-bond acceptors (Lipinski definition) is 4. The van der Waals surface area contributed by atoms with Crippen molar-refractivity contribution in [3.63, 3.8) is 0 Å². The van der Waals surface area contributed by atoms with Crippen LogP contribution in [0.15, 0.2) is 10.9 Å². The van der Waals surface area contributed by atoms with E-state index in [2.05, 4.69) is 4.98 Å². The van der Waals surface area contributed by atoms with Crippen molar-refractivity contribution in [2.24, 2.45) is 0 Å². The van der Waals surface area contributed by atoms with E-state index in [4.69, 9.17) is 4.74 Å². The summed E-state index contributed by atoms with van der Waals surface area (Å²) in [5.74, 6) is -0.344. The van der Waals surface area contributed by atoms with Crippen LogP contribution in [0.25, 0.3) is 0 Å². The zero-order valence-corrected chi connectivity index (χ0v) is 8.47. The fourth-order valence-electron chi connectivity index (χ4n) is 0.518. The molecule has 0 aliphatic rings. The molecule has 0 N–H and O–H groups in total. The van der Waals surface area contributed by atoms with Crippen molar-refractivity contribution in [2.45, 2.75) is 6.92 Å². The molecule has 0 atom stereocenters. The van der Waals surface area contributed by atoms with Crippen LogP contribution in [0.1, 0.15) is 17.4 Å². The quantitative estimate of drug-likeness (QED) is 0.738. The minimum atomic E-state index is -0.344. The maximum Gasteiger partial charge on any atom is 0.357 e. The van der Waals surface area contributed by atoms with E-state index in [1.165, 1.54) is 11.3 Å². The molecular formula is C6H8BrNO2S. The minimum Gasteiger partial charge on any atom is -0.461 e. The van der Waals surface area contributed by atoms with Crippen molar-refractivity contribution < 1.29 is 9.53 Å². The molecule has 62 valence electrons. The first-order chi connectivity index (χ1) is 4.84. The zero-order valence-electron chi connectivity index (χ0n) is 5.94. The number of halogens is 1. The van der Waals surface area contributed by atoms with Crippen LogP contribution in [-0.2, 0) is 4.74 Å². The maximum absolute atomic E-state index is 10.8. The van der Waals surface area contributed by atoms with Crippen molar-refractivity contribution in [3.05, 3.63) is 16.6 Å². The summed E-state index contributed by atoms with van der Waals surface area (Å²) in [5, 5.41) is 1.66. The Labute approximate surface area is 79.2 Å². The third-order valence-corrected chi connectivity index (χ3v) is 1.50. The van der Waals surface area contributed by atoms with Gasteiger partial charge < -0.3 is 4.74 Å². The maximum atomic E-state index is 10.8. The predicted octanol–water partition coefficient (Wildman–Crippen LogP) is 1.90. The topological polar surface area (TPSA) is 39.2 Å². The summed E-state index contributed by atoms with van der Waals surface area (Å²) in [5.41, 5.74) is 2.00. The summed E-state index contributed by atoms with van der Waals surface area (Å²) in [7, 11) is 0. The van der Waals surface area contributed by atoms with Crippen molar-refractivity contribution in [1.82, 2.24) is 4.98 Å². The number of rotatable bonds is 2. The lowest BCUT2D eigenvalue weighted by molar-refractivity contribution is 0.0520. The van der Waals surface area contributed by atoms with E-state index in [-0.39, 0.29) is 23.0 Å². The first-order valence-electron chi connectivity index (χ1n) is 2.90. The Morgan fingerprint density at radius 3 is 3.00 bits per heavy atom. The fraction of sp³-hybridized carbons (Fsp3) is 0.333. The first kappa shape index (κ1) is 10.6. The van der Waals surface area contributed by atoms with Crippen LogP contribution < -0.4 is 0 Å². The molecule has 5 heteroatoms. The summed E-state index contributed by atoms with van der Waals surface area (Å²) in [6.45, 7) is 2.17. The smallest absolute Gasteiger partial charge is 0.357 e. The highest BCUT2D eigenvalue weighted by atomic mass is 79.9. The summed E-state index contributed by atoms with van der Waals surface area (Å²) < 4.78 is 4.69. The van der Waals surface area contributed by atoms with E-state index < -0.39 is 0 Å². The van der Waals surface area contributed by atoms with Crippen LogP contribution >= 0.6 is 28.3 Å². The van der Waals surface area contributed by atoms with Gasteiger partial charge >= 0.3 is 5.97 Å². The van der Waals surface area contributed by atoms with E-state index in [1.54, 1.807) is 17.8 Å². The number of aromatic nitrogens is 1. The normalized spacial score (nSPS) is 8.45. The highest BCUT2D eigenvalue weighted by Gasteiger charge is 2.06. The molecule has 0 aromatic carbocycles. The van der Waals surface area contributed by atoms with Gasteiger partial charge in [-0.3, -0.25) is 0 Å². The lowest BCUT2D eigenvalue weighted by Crippen LogP contribution is -2.04. The van der Waals surface area contributed by atoms with Gasteiger partial charge in [-0.2, -0.15) is 0 Å². The van der Waals surface area contributed by atoms with Gasteiger partial charge in [0.05, 0.1) is 12.1 Å². The van der Waals surface area contributed by atoms with Gasteiger partial charge in [0.15, 0.2) is 5.69 Å². The summed E-state index contributed by atoms with van der Waals surface area (Å²) >= 11 is 1.38. The Kier molecular flexibility index (Phi) is 5.06. The molecule has 0 spiro atoms. The average Bonchev–Trinajstić information content (AvgIpc) is 2.38. The molecule has 3 nitrogen and oxygen atoms in total. The van der Waals surface area contributed by atoms with Gasteiger partial charge in [-0.15, -0.1) is 28.3 Å². The first-order valence-corrected chi connectivity index (χ1v) is 3.84. The SMILES string of the molecule is Br.CCOC(=O)c1cscn1. The number of hydrogen-bond donors (Lipinski definition) is 0. The van der Waals surface area contributed by atoms with Crippen molar-refractivity contribution in [2.75, 3.05) is 6.61 Å². The second kappa shape index (κ2) is 5.26. The van der Waals surface area contributed by atoms with E-state index in [0.29, 0.717) is 12.3 Å². The largest absolute Gasteiger partial charge is 0.461 e. The number of carbonyl (C=O) groups is 1. The van der Waals surface area contributed by atoms with Gasteiger partial charge in [0, 0.05) is 5.38 Å². The van der Waals surface area contributed by atoms with E-state index >= 15 is 0 Å². The molecule has 0 unspecified atom stereocenters. The molecule has 0 saturated carbocycles. The third-order valence-electron chi connectivity index (χ3n) is 0.917. The molecule has 1 aromatic heterocycles. The van der Waals surface area contributed by atoms with Crippen LogP contribution in [0.3, 0.4) is 0 Å². The highest BCUT2D eigenvalue weighted by Crippen LogP contribution is 2.01. The van der Waals surface area contributed by atoms with Gasteiger partial charge in [-0.25, -0.2) is 9.78 Å². The molecule has 0 aliphatic heterocycles. The standard InChI is InChI=1S/C6H7NO2S.BrH/c1-2-9-6(8)5-3-10-4-7-5;/h3-4H,2H2,1H3;1H.